The fourth-order valence-electron chi connectivity index (χ4n) is 4.19. The van der Waals surface area contributed by atoms with Gasteiger partial charge >= 0.3 is 0 Å². The van der Waals surface area contributed by atoms with Crippen molar-refractivity contribution in [1.82, 2.24) is 24.8 Å². The molecule has 0 saturated carbocycles. The number of nitrogens with one attached hydrogen (secondary N) is 1. The molecule has 4 heterocycles. The van der Waals surface area contributed by atoms with Crippen molar-refractivity contribution in [3.63, 3.8) is 0 Å². The lowest BCUT2D eigenvalue weighted by Crippen LogP contribution is -2.30. The molecule has 33 heavy (non-hydrogen) atoms. The molecule has 2 atom stereocenters. The molecule has 1 aliphatic heterocycles. The number of nitro groups is 1. The van der Waals surface area contributed by atoms with Crippen LogP contribution in [0.3, 0.4) is 0 Å². The fraction of sp³-hybridized carbons (Fsp3) is 0.125. The second-order valence-corrected chi connectivity index (χ2v) is 8.08. The number of benzene rings is 1. The van der Waals surface area contributed by atoms with E-state index in [0.717, 1.165) is 22.6 Å². The summed E-state index contributed by atoms with van der Waals surface area (Å²) in [5.74, 6) is 0. The van der Waals surface area contributed by atoms with Gasteiger partial charge in [-0.3, -0.25) is 20.1 Å². The van der Waals surface area contributed by atoms with Crippen molar-refractivity contribution in [2.75, 3.05) is 0 Å². The Labute approximate surface area is 195 Å². The summed E-state index contributed by atoms with van der Waals surface area (Å²) in [6, 6.07) is 20.0. The molecular formula is C24H20N6O2S. The second-order valence-electron chi connectivity index (χ2n) is 7.69. The zero-order valence-corrected chi connectivity index (χ0v) is 18.3. The Morgan fingerprint density at radius 1 is 1.03 bits per heavy atom. The number of nitro benzene ring substituents is 1. The minimum atomic E-state index is -0.396. The van der Waals surface area contributed by atoms with Crippen LogP contribution in [-0.4, -0.2) is 29.5 Å². The molecule has 3 aromatic heterocycles. The highest BCUT2D eigenvalue weighted by atomic mass is 32.1. The Hall–Kier alpha value is -4.11. The third-order valence-corrected chi connectivity index (χ3v) is 6.05. The van der Waals surface area contributed by atoms with Gasteiger partial charge in [0.1, 0.15) is 0 Å². The van der Waals surface area contributed by atoms with Gasteiger partial charge in [-0.05, 0) is 60.2 Å². The maximum Gasteiger partial charge on any atom is 0.269 e. The molecular weight excluding hydrogens is 436 g/mol. The van der Waals surface area contributed by atoms with Crippen molar-refractivity contribution < 1.29 is 4.92 Å². The highest BCUT2D eigenvalue weighted by Gasteiger charge is 2.41. The van der Waals surface area contributed by atoms with Crippen LogP contribution in [0.4, 0.5) is 5.69 Å². The van der Waals surface area contributed by atoms with Gasteiger partial charge < -0.3 is 14.8 Å². The van der Waals surface area contributed by atoms with Crippen LogP contribution in [-0.2, 0) is 6.54 Å². The molecule has 8 nitrogen and oxygen atoms in total. The van der Waals surface area contributed by atoms with E-state index in [0.29, 0.717) is 11.7 Å². The topological polar surface area (TPSA) is 89.1 Å². The minimum Gasteiger partial charge on any atom is -0.352 e. The highest BCUT2D eigenvalue weighted by molar-refractivity contribution is 7.80. The van der Waals surface area contributed by atoms with Crippen LogP contribution < -0.4 is 5.32 Å². The van der Waals surface area contributed by atoms with Crippen LogP contribution in [0.25, 0.3) is 5.69 Å². The molecule has 1 N–H and O–H groups in total. The van der Waals surface area contributed by atoms with Crippen molar-refractivity contribution >= 4 is 23.0 Å². The first kappa shape index (κ1) is 20.8. The number of rotatable bonds is 6. The molecule has 1 saturated heterocycles. The number of hydrogen-bond acceptors (Lipinski definition) is 5. The molecule has 0 spiro atoms. The summed E-state index contributed by atoms with van der Waals surface area (Å²) in [6.45, 7) is 0.582. The quantitative estimate of drug-likeness (QED) is 0.262. The standard InChI is InChI=1S/C24H20N6O2S/c31-30(32)19-10-8-18(9-11-19)28-14-4-7-21(28)23-22(20-6-1-2-13-26-20)27-24(33)29(23)16-17-5-3-12-25-15-17/h1-15,22-23H,16H2,(H,27,33). The number of hydrogen-bond donors (Lipinski definition) is 1. The van der Waals surface area contributed by atoms with Gasteiger partial charge in [0.05, 0.1) is 22.7 Å². The van der Waals surface area contributed by atoms with E-state index >= 15 is 0 Å². The number of nitrogens with zero attached hydrogens (tertiary/aromatic N) is 5. The summed E-state index contributed by atoms with van der Waals surface area (Å²) < 4.78 is 2.04. The predicted octanol–water partition coefficient (Wildman–Crippen LogP) is 4.35. The van der Waals surface area contributed by atoms with E-state index in [1.165, 1.54) is 12.1 Å². The molecule has 164 valence electrons. The smallest absolute Gasteiger partial charge is 0.269 e. The molecule has 0 bridgehead atoms. The monoisotopic (exact) mass is 456 g/mol. The van der Waals surface area contributed by atoms with Gasteiger partial charge in [-0.25, -0.2) is 0 Å². The van der Waals surface area contributed by atoms with E-state index in [2.05, 4.69) is 20.2 Å². The molecule has 4 aromatic rings. The molecule has 0 amide bonds. The third kappa shape index (κ3) is 4.06. The molecule has 1 aliphatic rings. The first-order valence-corrected chi connectivity index (χ1v) is 10.8. The lowest BCUT2D eigenvalue weighted by Gasteiger charge is -2.29. The molecule has 1 aromatic carbocycles. The Bertz CT molecular complexity index is 1280. The molecule has 0 aliphatic carbocycles. The van der Waals surface area contributed by atoms with E-state index in [1.54, 1.807) is 24.5 Å². The van der Waals surface area contributed by atoms with Crippen LogP contribution in [0.1, 0.15) is 29.0 Å². The van der Waals surface area contributed by atoms with Crippen LogP contribution >= 0.6 is 12.2 Å². The molecule has 5 rings (SSSR count). The molecule has 0 radical (unpaired) electrons. The van der Waals surface area contributed by atoms with Gasteiger partial charge in [-0.15, -0.1) is 0 Å². The Kier molecular flexibility index (Phi) is 5.54. The predicted molar refractivity (Wildman–Crippen MR) is 128 cm³/mol. The summed E-state index contributed by atoms with van der Waals surface area (Å²) in [5, 5.41) is 15.2. The van der Waals surface area contributed by atoms with Crippen molar-refractivity contribution in [2.45, 2.75) is 18.6 Å². The minimum absolute atomic E-state index is 0.0562. The Morgan fingerprint density at radius 2 is 1.88 bits per heavy atom. The van der Waals surface area contributed by atoms with Gasteiger partial charge in [-0.2, -0.15) is 0 Å². The van der Waals surface area contributed by atoms with Crippen LogP contribution in [0.5, 0.6) is 0 Å². The Balaban J connectivity index is 1.58. The van der Waals surface area contributed by atoms with E-state index in [4.69, 9.17) is 12.2 Å². The molecule has 9 heteroatoms. The zero-order valence-electron chi connectivity index (χ0n) is 17.5. The maximum atomic E-state index is 11.1. The number of aromatic nitrogens is 3. The van der Waals surface area contributed by atoms with Crippen molar-refractivity contribution in [3.05, 3.63) is 119 Å². The van der Waals surface area contributed by atoms with Crippen molar-refractivity contribution in [3.8, 4) is 5.69 Å². The first-order valence-electron chi connectivity index (χ1n) is 10.4. The fourth-order valence-corrected chi connectivity index (χ4v) is 4.50. The number of non-ortho nitro benzene ring substituents is 1. The lowest BCUT2D eigenvalue weighted by molar-refractivity contribution is -0.384. The average Bonchev–Trinajstić information content (AvgIpc) is 3.45. The van der Waals surface area contributed by atoms with Gasteiger partial charge in [0.2, 0.25) is 0 Å². The summed E-state index contributed by atoms with van der Waals surface area (Å²) in [7, 11) is 0. The van der Waals surface area contributed by atoms with Crippen LogP contribution in [0, 0.1) is 10.1 Å². The third-order valence-electron chi connectivity index (χ3n) is 5.70. The molecule has 2 unspecified atom stereocenters. The van der Waals surface area contributed by atoms with E-state index in [9.17, 15) is 10.1 Å². The van der Waals surface area contributed by atoms with Crippen LogP contribution in [0.2, 0.25) is 0 Å². The summed E-state index contributed by atoms with van der Waals surface area (Å²) in [6.07, 6.45) is 7.31. The highest BCUT2D eigenvalue weighted by Crippen LogP contribution is 2.40. The maximum absolute atomic E-state index is 11.1. The normalized spacial score (nSPS) is 17.7. The summed E-state index contributed by atoms with van der Waals surface area (Å²) in [4.78, 5) is 21.7. The largest absolute Gasteiger partial charge is 0.352 e. The number of thiocarbonyl (C=S) groups is 1. The number of pyridine rings is 2. The average molecular weight is 457 g/mol. The van der Waals surface area contributed by atoms with Crippen LogP contribution in [0.15, 0.2) is 91.5 Å². The summed E-state index contributed by atoms with van der Waals surface area (Å²) >= 11 is 5.76. The zero-order chi connectivity index (χ0) is 22.8. The molecule has 1 fully saturated rings. The van der Waals surface area contributed by atoms with Gasteiger partial charge in [0, 0.05) is 54.8 Å². The summed E-state index contributed by atoms with van der Waals surface area (Å²) in [5.41, 5.74) is 3.81. The van der Waals surface area contributed by atoms with E-state index in [-0.39, 0.29) is 17.8 Å². The first-order chi connectivity index (χ1) is 16.1. The SMILES string of the molecule is O=[N+]([O-])c1ccc(-n2cccc2C2C(c3ccccn3)NC(=S)N2Cc2cccnc2)cc1. The van der Waals surface area contributed by atoms with Gasteiger partial charge in [0.25, 0.3) is 5.69 Å². The Morgan fingerprint density at radius 3 is 2.58 bits per heavy atom. The van der Waals surface area contributed by atoms with Crippen molar-refractivity contribution in [1.29, 1.82) is 0 Å². The van der Waals surface area contributed by atoms with Gasteiger partial charge in [0.15, 0.2) is 5.11 Å². The lowest BCUT2D eigenvalue weighted by atomic mass is 10.0. The second kappa shape index (κ2) is 8.79. The van der Waals surface area contributed by atoms with E-state index < -0.39 is 4.92 Å². The van der Waals surface area contributed by atoms with E-state index in [1.807, 2.05) is 59.4 Å². The van der Waals surface area contributed by atoms with Gasteiger partial charge in [-0.1, -0.05) is 12.1 Å². The van der Waals surface area contributed by atoms with Crippen molar-refractivity contribution in [2.24, 2.45) is 0 Å².